The molecule has 0 unspecified atom stereocenters. The van der Waals surface area contributed by atoms with Gasteiger partial charge in [0, 0.05) is 61.9 Å². The number of likely N-dealkylation sites (tertiary alicyclic amines) is 1. The van der Waals surface area contributed by atoms with Gasteiger partial charge in [0.1, 0.15) is 23.6 Å². The zero-order chi connectivity index (χ0) is 27.9. The number of hydrogen-bond acceptors (Lipinski definition) is 5. The van der Waals surface area contributed by atoms with E-state index >= 15 is 4.39 Å². The van der Waals surface area contributed by atoms with Crippen molar-refractivity contribution in [2.45, 2.75) is 32.2 Å². The van der Waals surface area contributed by atoms with E-state index in [9.17, 15) is 13.6 Å². The summed E-state index contributed by atoms with van der Waals surface area (Å²) in [6.07, 6.45) is 0.940. The average molecular weight is 535 g/mol. The van der Waals surface area contributed by atoms with Crippen LogP contribution in [0.2, 0.25) is 0 Å². The number of amides is 1. The van der Waals surface area contributed by atoms with Crippen LogP contribution in [0.5, 0.6) is 0 Å². The lowest BCUT2D eigenvalue weighted by atomic mass is 9.97. The van der Waals surface area contributed by atoms with Crippen molar-refractivity contribution >= 4 is 28.4 Å². The van der Waals surface area contributed by atoms with Crippen molar-refractivity contribution in [3.8, 4) is 22.4 Å². The summed E-state index contributed by atoms with van der Waals surface area (Å²) >= 11 is 0. The molecule has 0 aliphatic carbocycles. The number of aromatic nitrogens is 3. The maximum atomic E-state index is 15.4. The van der Waals surface area contributed by atoms with Crippen LogP contribution >= 0.6 is 0 Å². The Morgan fingerprint density at radius 1 is 1.10 bits per heavy atom. The van der Waals surface area contributed by atoms with E-state index in [1.165, 1.54) is 12.4 Å². The SMILES string of the molecule is C=C(C)C(=O)Nc1ccc(-c2c(-c3ccc(CN4CCC(F)(F)CC4)c(F)c3)c3c(N)ncnc3n2C)cc1. The van der Waals surface area contributed by atoms with Crippen molar-refractivity contribution < 1.29 is 18.0 Å². The van der Waals surface area contributed by atoms with E-state index in [2.05, 4.69) is 21.9 Å². The molecule has 1 amide bonds. The molecule has 1 saturated heterocycles. The van der Waals surface area contributed by atoms with Crippen molar-refractivity contribution in [2.24, 2.45) is 7.05 Å². The van der Waals surface area contributed by atoms with E-state index in [-0.39, 0.29) is 44.2 Å². The molecule has 10 heteroatoms. The maximum absolute atomic E-state index is 15.4. The second-order valence-corrected chi connectivity index (χ2v) is 9.99. The second kappa shape index (κ2) is 10.2. The number of anilines is 2. The van der Waals surface area contributed by atoms with Gasteiger partial charge in [0.2, 0.25) is 0 Å². The Hall–Kier alpha value is -4.18. The van der Waals surface area contributed by atoms with Gasteiger partial charge in [-0.25, -0.2) is 23.1 Å². The first-order valence-electron chi connectivity index (χ1n) is 12.6. The number of aryl methyl sites for hydroxylation is 1. The maximum Gasteiger partial charge on any atom is 0.250 e. The number of nitrogens with one attached hydrogen (secondary N) is 1. The number of nitrogen functional groups attached to an aromatic ring is 1. The second-order valence-electron chi connectivity index (χ2n) is 9.99. The lowest BCUT2D eigenvalue weighted by Crippen LogP contribution is -2.38. The Kier molecular flexibility index (Phi) is 6.90. The quantitative estimate of drug-likeness (QED) is 0.307. The van der Waals surface area contributed by atoms with Gasteiger partial charge in [0.25, 0.3) is 11.8 Å². The molecule has 1 aliphatic rings. The lowest BCUT2D eigenvalue weighted by Gasteiger charge is -2.31. The van der Waals surface area contributed by atoms with Gasteiger partial charge in [0.15, 0.2) is 0 Å². The summed E-state index contributed by atoms with van der Waals surface area (Å²) in [6.45, 7) is 5.98. The molecular weight excluding hydrogens is 505 g/mol. The van der Waals surface area contributed by atoms with Gasteiger partial charge < -0.3 is 15.6 Å². The highest BCUT2D eigenvalue weighted by atomic mass is 19.3. The summed E-state index contributed by atoms with van der Waals surface area (Å²) in [5.41, 5.74) is 11.1. The number of fused-ring (bicyclic) bond motifs is 1. The third kappa shape index (κ3) is 5.24. The lowest BCUT2D eigenvalue weighted by molar-refractivity contribution is -0.112. The molecule has 0 atom stereocenters. The molecule has 202 valence electrons. The molecule has 2 aromatic carbocycles. The smallest absolute Gasteiger partial charge is 0.250 e. The summed E-state index contributed by atoms with van der Waals surface area (Å²) in [5.74, 6) is -3.09. The number of nitrogens with two attached hydrogens (primary N) is 1. The minimum absolute atomic E-state index is 0.221. The fraction of sp³-hybridized carbons (Fsp3) is 0.276. The molecule has 39 heavy (non-hydrogen) atoms. The van der Waals surface area contributed by atoms with E-state index in [0.29, 0.717) is 39.0 Å². The first kappa shape index (κ1) is 26.4. The van der Waals surface area contributed by atoms with E-state index in [4.69, 9.17) is 5.73 Å². The van der Waals surface area contributed by atoms with Crippen LogP contribution in [0.3, 0.4) is 0 Å². The standard InChI is InChI=1S/C29H29F3N6O/c1-17(2)28(39)36-21-8-6-18(7-9-21)25-23(24-26(33)34-16-35-27(24)37(25)3)19-4-5-20(22(30)14-19)15-38-12-10-29(31,32)11-13-38/h4-9,14,16H,1,10-13,15H2,2-3H3,(H,36,39)(H2,33,34,35). The Bertz CT molecular complexity index is 1570. The Morgan fingerprint density at radius 3 is 2.41 bits per heavy atom. The molecule has 0 saturated carbocycles. The summed E-state index contributed by atoms with van der Waals surface area (Å²) in [4.78, 5) is 22.5. The molecule has 4 aromatic rings. The van der Waals surface area contributed by atoms with Crippen LogP contribution in [0.4, 0.5) is 24.7 Å². The van der Waals surface area contributed by atoms with Gasteiger partial charge in [-0.15, -0.1) is 0 Å². The van der Waals surface area contributed by atoms with Gasteiger partial charge >= 0.3 is 0 Å². The number of carbonyl (C=O) groups excluding carboxylic acids is 1. The van der Waals surface area contributed by atoms with Crippen LogP contribution in [0, 0.1) is 5.82 Å². The van der Waals surface area contributed by atoms with Crippen molar-refractivity contribution in [3.05, 3.63) is 72.3 Å². The van der Waals surface area contributed by atoms with Gasteiger partial charge in [-0.3, -0.25) is 9.69 Å². The third-order valence-electron chi connectivity index (χ3n) is 7.12. The molecule has 5 rings (SSSR count). The molecular formula is C29H29F3N6O. The number of nitrogens with zero attached hydrogens (tertiary/aromatic N) is 4. The summed E-state index contributed by atoms with van der Waals surface area (Å²) < 4.78 is 44.4. The highest BCUT2D eigenvalue weighted by Gasteiger charge is 2.34. The van der Waals surface area contributed by atoms with E-state index in [1.807, 2.05) is 34.7 Å². The molecule has 1 fully saturated rings. The van der Waals surface area contributed by atoms with Crippen molar-refractivity contribution in [3.63, 3.8) is 0 Å². The van der Waals surface area contributed by atoms with Gasteiger partial charge in [0.05, 0.1) is 11.1 Å². The fourth-order valence-electron chi connectivity index (χ4n) is 4.95. The van der Waals surface area contributed by atoms with E-state index in [1.54, 1.807) is 25.1 Å². The topological polar surface area (TPSA) is 89.1 Å². The van der Waals surface area contributed by atoms with Crippen molar-refractivity contribution in [2.75, 3.05) is 24.1 Å². The number of alkyl halides is 2. The summed E-state index contributed by atoms with van der Waals surface area (Å²) in [6, 6.07) is 12.2. The van der Waals surface area contributed by atoms with Crippen molar-refractivity contribution in [1.29, 1.82) is 0 Å². The van der Waals surface area contributed by atoms with Crippen LogP contribution in [-0.2, 0) is 18.4 Å². The van der Waals surface area contributed by atoms with Crippen LogP contribution < -0.4 is 11.1 Å². The molecule has 3 heterocycles. The normalized spacial score (nSPS) is 15.4. The molecule has 0 radical (unpaired) electrons. The number of rotatable bonds is 6. The molecule has 7 nitrogen and oxygen atoms in total. The predicted molar refractivity (Wildman–Crippen MR) is 147 cm³/mol. The minimum atomic E-state index is -2.65. The molecule has 0 spiro atoms. The number of benzene rings is 2. The zero-order valence-electron chi connectivity index (χ0n) is 21.8. The predicted octanol–water partition coefficient (Wildman–Crippen LogP) is 5.77. The number of hydrogen-bond donors (Lipinski definition) is 2. The van der Waals surface area contributed by atoms with Gasteiger partial charge in [-0.1, -0.05) is 30.8 Å². The zero-order valence-corrected chi connectivity index (χ0v) is 21.8. The number of halogens is 3. The highest BCUT2D eigenvalue weighted by Crippen LogP contribution is 2.42. The van der Waals surface area contributed by atoms with Crippen molar-refractivity contribution in [1.82, 2.24) is 19.4 Å². The van der Waals surface area contributed by atoms with Crippen LogP contribution in [0.15, 0.2) is 60.9 Å². The van der Waals surface area contributed by atoms with Gasteiger partial charge in [-0.05, 0) is 36.2 Å². The largest absolute Gasteiger partial charge is 0.383 e. The average Bonchev–Trinajstić information content (AvgIpc) is 3.20. The van der Waals surface area contributed by atoms with Crippen LogP contribution in [0.25, 0.3) is 33.4 Å². The van der Waals surface area contributed by atoms with E-state index < -0.39 is 11.7 Å². The molecule has 2 aromatic heterocycles. The minimum Gasteiger partial charge on any atom is -0.383 e. The summed E-state index contributed by atoms with van der Waals surface area (Å²) in [7, 11) is 1.85. The number of carbonyl (C=O) groups is 1. The van der Waals surface area contributed by atoms with Gasteiger partial charge in [-0.2, -0.15) is 0 Å². The first-order valence-corrected chi connectivity index (χ1v) is 12.6. The Morgan fingerprint density at radius 2 is 1.77 bits per heavy atom. The van der Waals surface area contributed by atoms with Crippen LogP contribution in [0.1, 0.15) is 25.3 Å². The Labute approximate surface area is 224 Å². The third-order valence-corrected chi connectivity index (χ3v) is 7.12. The monoisotopic (exact) mass is 534 g/mol. The van der Waals surface area contributed by atoms with E-state index in [0.717, 1.165) is 11.3 Å². The molecule has 3 N–H and O–H groups in total. The molecule has 1 aliphatic heterocycles. The fourth-order valence-corrected chi connectivity index (χ4v) is 4.95. The summed E-state index contributed by atoms with van der Waals surface area (Å²) in [5, 5.41) is 3.38. The molecule has 0 bridgehead atoms. The number of piperidine rings is 1. The first-order chi connectivity index (χ1) is 18.5. The Balaban J connectivity index is 1.54. The van der Waals surface area contributed by atoms with Crippen LogP contribution in [-0.4, -0.2) is 44.4 Å². The highest BCUT2D eigenvalue weighted by molar-refractivity contribution is 6.08.